The predicted octanol–water partition coefficient (Wildman–Crippen LogP) is 3.42. The second-order valence-electron chi connectivity index (χ2n) is 4.93. The van der Waals surface area contributed by atoms with Gasteiger partial charge in [-0.25, -0.2) is 0 Å². The maximum Gasteiger partial charge on any atom is 0.124 e. The van der Waals surface area contributed by atoms with E-state index in [0.717, 1.165) is 25.0 Å². The van der Waals surface area contributed by atoms with E-state index in [1.807, 2.05) is 0 Å². The Morgan fingerprint density at radius 3 is 2.59 bits per heavy atom. The average molecular weight is 234 g/mol. The van der Waals surface area contributed by atoms with Crippen LogP contribution in [0.25, 0.3) is 0 Å². The summed E-state index contributed by atoms with van der Waals surface area (Å²) in [5.41, 5.74) is 3.85. The van der Waals surface area contributed by atoms with Gasteiger partial charge in [0.15, 0.2) is 0 Å². The van der Waals surface area contributed by atoms with Gasteiger partial charge in [0, 0.05) is 0 Å². The van der Waals surface area contributed by atoms with Gasteiger partial charge in [-0.2, -0.15) is 0 Å². The molecule has 2 heteroatoms. The fourth-order valence-corrected chi connectivity index (χ4v) is 2.61. The molecule has 1 fully saturated rings. The highest BCUT2D eigenvalue weighted by Crippen LogP contribution is 2.32. The zero-order chi connectivity index (χ0) is 12.4. The Hall–Kier alpha value is -1.02. The molecule has 0 bridgehead atoms. The normalized spacial score (nSPS) is 22.6. The van der Waals surface area contributed by atoms with Crippen molar-refractivity contribution in [1.29, 1.82) is 0 Å². The van der Waals surface area contributed by atoms with Crippen LogP contribution in [0.2, 0.25) is 0 Å². The first kappa shape index (κ1) is 12.4. The van der Waals surface area contributed by atoms with Crippen LogP contribution in [0.1, 0.15) is 36.5 Å². The Bertz CT molecular complexity index is 398. The summed E-state index contributed by atoms with van der Waals surface area (Å²) in [6.07, 6.45) is 4.27. The van der Waals surface area contributed by atoms with Gasteiger partial charge in [-0.05, 0) is 44.2 Å². The third-order valence-electron chi connectivity index (χ3n) is 3.49. The zero-order valence-corrected chi connectivity index (χ0v) is 11.2. The van der Waals surface area contributed by atoms with Crippen LogP contribution in [0.5, 0.6) is 5.75 Å². The fraction of sp³-hybridized carbons (Fsp3) is 0.600. The van der Waals surface area contributed by atoms with E-state index in [9.17, 15) is 0 Å². The molecule has 1 aliphatic rings. The number of aryl methyl sites for hydroxylation is 3. The fourth-order valence-electron chi connectivity index (χ4n) is 2.61. The first-order valence-electron chi connectivity index (χ1n) is 6.45. The van der Waals surface area contributed by atoms with E-state index in [1.165, 1.54) is 16.7 Å². The van der Waals surface area contributed by atoms with Crippen molar-refractivity contribution in [2.45, 2.75) is 52.2 Å². The molecule has 0 N–H and O–H groups in total. The molecule has 17 heavy (non-hydrogen) atoms. The molecule has 1 aromatic carbocycles. The van der Waals surface area contributed by atoms with Gasteiger partial charge >= 0.3 is 0 Å². The van der Waals surface area contributed by atoms with Crippen molar-refractivity contribution in [1.82, 2.24) is 0 Å². The molecule has 0 aliphatic carbocycles. The van der Waals surface area contributed by atoms with Crippen molar-refractivity contribution in [3.63, 3.8) is 0 Å². The summed E-state index contributed by atoms with van der Waals surface area (Å²) < 4.78 is 11.1. The molecule has 1 aromatic rings. The SMILES string of the molecule is CCC1OC1CCc1cc(C)cc(C)c1OC. The summed E-state index contributed by atoms with van der Waals surface area (Å²) in [5, 5.41) is 0. The Balaban J connectivity index is 2.04. The van der Waals surface area contributed by atoms with Gasteiger partial charge in [0.05, 0.1) is 19.3 Å². The standard InChI is InChI=1S/C15H22O2/c1-5-13-14(17-13)7-6-12-9-10(2)8-11(3)15(12)16-4/h8-9,13-14H,5-7H2,1-4H3. The number of epoxide rings is 1. The van der Waals surface area contributed by atoms with Gasteiger partial charge < -0.3 is 9.47 Å². The van der Waals surface area contributed by atoms with Crippen molar-refractivity contribution in [3.8, 4) is 5.75 Å². The average Bonchev–Trinajstić information content (AvgIpc) is 3.04. The minimum atomic E-state index is 0.477. The molecule has 2 atom stereocenters. The van der Waals surface area contributed by atoms with Crippen LogP contribution in [0.15, 0.2) is 12.1 Å². The number of hydrogen-bond acceptors (Lipinski definition) is 2. The summed E-state index contributed by atoms with van der Waals surface area (Å²) in [5.74, 6) is 1.05. The maximum absolute atomic E-state index is 5.58. The minimum absolute atomic E-state index is 0.477. The number of benzene rings is 1. The molecule has 1 heterocycles. The third kappa shape index (κ3) is 2.81. The van der Waals surface area contributed by atoms with Gasteiger partial charge in [-0.1, -0.05) is 24.6 Å². The molecule has 2 rings (SSSR count). The first-order chi connectivity index (χ1) is 8.15. The van der Waals surface area contributed by atoms with Crippen LogP contribution in [-0.2, 0) is 11.2 Å². The topological polar surface area (TPSA) is 21.8 Å². The summed E-state index contributed by atoms with van der Waals surface area (Å²) in [6.45, 7) is 6.43. The second-order valence-corrected chi connectivity index (χ2v) is 4.93. The quantitative estimate of drug-likeness (QED) is 0.728. The summed E-state index contributed by atoms with van der Waals surface area (Å²) in [4.78, 5) is 0. The number of ether oxygens (including phenoxy) is 2. The Kier molecular flexibility index (Phi) is 3.72. The van der Waals surface area contributed by atoms with Crippen molar-refractivity contribution in [2.75, 3.05) is 7.11 Å². The van der Waals surface area contributed by atoms with E-state index in [2.05, 4.69) is 32.9 Å². The molecular formula is C15H22O2. The lowest BCUT2D eigenvalue weighted by molar-refractivity contribution is 0.358. The van der Waals surface area contributed by atoms with Gasteiger partial charge in [0.25, 0.3) is 0 Å². The van der Waals surface area contributed by atoms with Crippen molar-refractivity contribution < 1.29 is 9.47 Å². The monoisotopic (exact) mass is 234 g/mol. The van der Waals surface area contributed by atoms with Gasteiger partial charge in [0.1, 0.15) is 5.75 Å². The minimum Gasteiger partial charge on any atom is -0.496 e. The van der Waals surface area contributed by atoms with E-state index in [4.69, 9.17) is 9.47 Å². The van der Waals surface area contributed by atoms with Crippen molar-refractivity contribution >= 4 is 0 Å². The van der Waals surface area contributed by atoms with E-state index in [-0.39, 0.29) is 0 Å². The van der Waals surface area contributed by atoms with Crippen molar-refractivity contribution in [2.24, 2.45) is 0 Å². The van der Waals surface area contributed by atoms with Gasteiger partial charge in [-0.3, -0.25) is 0 Å². The summed E-state index contributed by atoms with van der Waals surface area (Å²) in [6, 6.07) is 4.40. The molecule has 0 radical (unpaired) electrons. The van der Waals surface area contributed by atoms with Crippen LogP contribution in [0, 0.1) is 13.8 Å². The van der Waals surface area contributed by atoms with Crippen LogP contribution in [0.3, 0.4) is 0 Å². The lowest BCUT2D eigenvalue weighted by Crippen LogP contribution is -2.00. The van der Waals surface area contributed by atoms with E-state index in [0.29, 0.717) is 12.2 Å². The zero-order valence-electron chi connectivity index (χ0n) is 11.2. The largest absolute Gasteiger partial charge is 0.496 e. The molecule has 94 valence electrons. The van der Waals surface area contributed by atoms with Gasteiger partial charge in [-0.15, -0.1) is 0 Å². The molecule has 2 nitrogen and oxygen atoms in total. The molecule has 0 saturated carbocycles. The predicted molar refractivity (Wildman–Crippen MR) is 69.7 cm³/mol. The van der Waals surface area contributed by atoms with E-state index < -0.39 is 0 Å². The number of hydrogen-bond donors (Lipinski definition) is 0. The lowest BCUT2D eigenvalue weighted by atomic mass is 10.00. The van der Waals surface area contributed by atoms with Gasteiger partial charge in [0.2, 0.25) is 0 Å². The van der Waals surface area contributed by atoms with Crippen LogP contribution < -0.4 is 4.74 Å². The highest BCUT2D eigenvalue weighted by atomic mass is 16.6. The summed E-state index contributed by atoms with van der Waals surface area (Å²) >= 11 is 0. The Morgan fingerprint density at radius 1 is 1.24 bits per heavy atom. The molecule has 0 aromatic heterocycles. The first-order valence-corrected chi connectivity index (χ1v) is 6.45. The Morgan fingerprint density at radius 2 is 2.00 bits per heavy atom. The molecular weight excluding hydrogens is 212 g/mol. The number of rotatable bonds is 5. The maximum atomic E-state index is 5.58. The van der Waals surface area contributed by atoms with Crippen molar-refractivity contribution in [3.05, 3.63) is 28.8 Å². The van der Waals surface area contributed by atoms with Crippen LogP contribution in [0.4, 0.5) is 0 Å². The molecule has 2 unspecified atom stereocenters. The molecule has 0 spiro atoms. The Labute approximate surface area is 104 Å². The molecule has 1 saturated heterocycles. The molecule has 1 aliphatic heterocycles. The number of methoxy groups -OCH3 is 1. The third-order valence-corrected chi connectivity index (χ3v) is 3.49. The van der Waals surface area contributed by atoms with Crippen LogP contribution in [-0.4, -0.2) is 19.3 Å². The highest BCUT2D eigenvalue weighted by Gasteiger charge is 2.36. The summed E-state index contributed by atoms with van der Waals surface area (Å²) in [7, 11) is 1.75. The smallest absolute Gasteiger partial charge is 0.124 e. The van der Waals surface area contributed by atoms with Crippen LogP contribution >= 0.6 is 0 Å². The highest BCUT2D eigenvalue weighted by molar-refractivity contribution is 5.43. The molecule has 0 amide bonds. The van der Waals surface area contributed by atoms with E-state index >= 15 is 0 Å². The van der Waals surface area contributed by atoms with E-state index in [1.54, 1.807) is 7.11 Å². The second kappa shape index (κ2) is 5.09. The lowest BCUT2D eigenvalue weighted by Gasteiger charge is -2.12.